The number of benzene rings is 1. The average molecular weight is 534 g/mol. The molecule has 2 saturated carbocycles. The molecule has 1 amide bonds. The van der Waals surface area contributed by atoms with Crippen molar-refractivity contribution in [2.24, 2.45) is 5.41 Å². The minimum absolute atomic E-state index is 0.0543. The molecule has 38 heavy (non-hydrogen) atoms. The van der Waals surface area contributed by atoms with Crippen LogP contribution in [0, 0.1) is 17.1 Å². The molecule has 4 aliphatic rings. The normalized spacial score (nSPS) is 23.6. The van der Waals surface area contributed by atoms with Gasteiger partial charge in [-0.3, -0.25) is 4.79 Å². The molecule has 1 aromatic carbocycles. The van der Waals surface area contributed by atoms with E-state index in [1.165, 1.54) is 12.8 Å². The molecule has 2 aliphatic heterocycles. The first-order valence-electron chi connectivity index (χ1n) is 14.3. The summed E-state index contributed by atoms with van der Waals surface area (Å²) < 4.78 is 21.9. The topological polar surface area (TPSA) is 89.4 Å². The first kappa shape index (κ1) is 25.7. The van der Waals surface area contributed by atoms with Crippen molar-refractivity contribution < 1.29 is 9.00 Å². The third-order valence-electron chi connectivity index (χ3n) is 9.32. The largest absolute Gasteiger partial charge is 0.371 e. The Balaban J connectivity index is 1.27. The highest BCUT2D eigenvalue weighted by atomic mass is 32.2. The van der Waals surface area contributed by atoms with E-state index in [0.29, 0.717) is 27.0 Å². The summed E-state index contributed by atoms with van der Waals surface area (Å²) in [4.78, 5) is 23.7. The molecule has 2 saturated heterocycles. The van der Waals surface area contributed by atoms with Crippen LogP contribution in [-0.2, 0) is 9.73 Å². The summed E-state index contributed by atoms with van der Waals surface area (Å²) in [7, 11) is -0.529. The monoisotopic (exact) mass is 533 g/mol. The maximum atomic E-state index is 13.7. The van der Waals surface area contributed by atoms with Gasteiger partial charge in [-0.2, -0.15) is 0 Å². The first-order chi connectivity index (χ1) is 18.0. The summed E-state index contributed by atoms with van der Waals surface area (Å²) in [6, 6.07) is 9.41. The van der Waals surface area contributed by atoms with Crippen molar-refractivity contribution in [1.82, 2.24) is 4.98 Å². The van der Waals surface area contributed by atoms with Crippen molar-refractivity contribution in [3.63, 3.8) is 0 Å². The van der Waals surface area contributed by atoms with Gasteiger partial charge in [0.15, 0.2) is 0 Å². The van der Waals surface area contributed by atoms with E-state index in [-0.39, 0.29) is 11.2 Å². The second kappa shape index (κ2) is 9.28. The molecule has 1 spiro atoms. The molecule has 2 aromatic rings. The van der Waals surface area contributed by atoms with E-state index in [1.54, 1.807) is 12.1 Å². The number of carbonyl (C=O) groups is 1. The Hall–Kier alpha value is -2.55. The zero-order chi connectivity index (χ0) is 26.7. The van der Waals surface area contributed by atoms with E-state index in [1.807, 2.05) is 19.1 Å². The van der Waals surface area contributed by atoms with Crippen LogP contribution in [-0.4, -0.2) is 54.4 Å². The summed E-state index contributed by atoms with van der Waals surface area (Å²) in [6.07, 6.45) is 8.83. The molecule has 1 aromatic heterocycles. The van der Waals surface area contributed by atoms with E-state index < -0.39 is 9.73 Å². The molecule has 0 bridgehead atoms. The molecule has 1 unspecified atom stereocenters. The molecule has 1 atom stereocenters. The predicted molar refractivity (Wildman–Crippen MR) is 157 cm³/mol. The second-order valence-corrected chi connectivity index (χ2v) is 15.3. The van der Waals surface area contributed by atoms with Crippen LogP contribution in [0.3, 0.4) is 0 Å². The number of amides is 1. The lowest BCUT2D eigenvalue weighted by Gasteiger charge is -2.37. The van der Waals surface area contributed by atoms with Gasteiger partial charge < -0.3 is 15.1 Å². The van der Waals surface area contributed by atoms with Crippen molar-refractivity contribution in [1.29, 1.82) is 4.78 Å². The highest BCUT2D eigenvalue weighted by Gasteiger charge is 2.45. The van der Waals surface area contributed by atoms with E-state index >= 15 is 0 Å². The molecule has 2 aliphatic carbocycles. The molecule has 9 heteroatoms. The van der Waals surface area contributed by atoms with Gasteiger partial charge in [-0.1, -0.05) is 12.2 Å². The van der Waals surface area contributed by atoms with Crippen LogP contribution < -0.4 is 15.1 Å². The lowest BCUT2D eigenvalue weighted by molar-refractivity contribution is 0.102. The van der Waals surface area contributed by atoms with Crippen LogP contribution in [0.15, 0.2) is 35.2 Å². The number of aryl methyl sites for hydroxylation is 1. The summed E-state index contributed by atoms with van der Waals surface area (Å²) in [5.74, 6) is 1.27. The summed E-state index contributed by atoms with van der Waals surface area (Å²) in [5.41, 5.74) is 2.95. The van der Waals surface area contributed by atoms with Gasteiger partial charge in [-0.15, -0.1) is 0 Å². The fraction of sp³-hybridized carbons (Fsp3) is 0.586. The molecular formula is C29H40BN5O2S. The van der Waals surface area contributed by atoms with Crippen LogP contribution in [0.25, 0.3) is 0 Å². The number of carbonyl (C=O) groups excluding carboxylic acids is 1. The quantitative estimate of drug-likeness (QED) is 0.510. The number of aromatic nitrogens is 1. The fourth-order valence-corrected chi connectivity index (χ4v) is 7.79. The third-order valence-corrected chi connectivity index (χ3v) is 11.7. The Labute approximate surface area is 228 Å². The third kappa shape index (κ3) is 5.18. The Morgan fingerprint density at radius 3 is 2.32 bits per heavy atom. The average Bonchev–Trinajstić information content (AvgIpc) is 3.80. The highest BCUT2D eigenvalue weighted by Crippen LogP contribution is 2.54. The molecule has 3 heterocycles. The predicted octanol–water partition coefficient (Wildman–Crippen LogP) is 5.00. The number of pyridine rings is 1. The molecule has 7 nitrogen and oxygen atoms in total. The molecule has 6 rings (SSSR count). The van der Waals surface area contributed by atoms with Crippen LogP contribution in [0.5, 0.6) is 0 Å². The zero-order valence-corrected chi connectivity index (χ0v) is 23.8. The van der Waals surface area contributed by atoms with Crippen LogP contribution in [0.2, 0.25) is 5.31 Å². The number of nitrogens with one attached hydrogen (secondary N) is 2. The number of hydrogen-bond acceptors (Lipinski definition) is 6. The van der Waals surface area contributed by atoms with E-state index in [9.17, 15) is 9.00 Å². The van der Waals surface area contributed by atoms with Crippen LogP contribution >= 0.6 is 0 Å². The van der Waals surface area contributed by atoms with Gasteiger partial charge in [0.1, 0.15) is 19.5 Å². The minimum atomic E-state index is -2.85. The maximum Gasteiger partial charge on any atom is 0.258 e. The van der Waals surface area contributed by atoms with E-state index in [0.717, 1.165) is 81.8 Å². The molecule has 2 N–H and O–H groups in total. The Morgan fingerprint density at radius 2 is 1.68 bits per heavy atom. The van der Waals surface area contributed by atoms with E-state index in [4.69, 9.17) is 9.76 Å². The Morgan fingerprint density at radius 1 is 1.03 bits per heavy atom. The van der Waals surface area contributed by atoms with Gasteiger partial charge in [0.2, 0.25) is 0 Å². The van der Waals surface area contributed by atoms with Crippen LogP contribution in [0.4, 0.5) is 17.3 Å². The van der Waals surface area contributed by atoms with E-state index in [2.05, 4.69) is 36.0 Å². The maximum absolute atomic E-state index is 13.7. The number of hydrogen-bond donors (Lipinski definition) is 2. The molecule has 4 fully saturated rings. The molecule has 202 valence electrons. The Bertz CT molecular complexity index is 1350. The van der Waals surface area contributed by atoms with Crippen molar-refractivity contribution in [3.05, 3.63) is 41.5 Å². The van der Waals surface area contributed by atoms with Crippen molar-refractivity contribution in [2.45, 2.75) is 80.7 Å². The summed E-state index contributed by atoms with van der Waals surface area (Å²) in [6.45, 7) is 8.08. The Kier molecular flexibility index (Phi) is 6.28. The molecular weight excluding hydrogens is 493 g/mol. The first-order valence-corrected chi connectivity index (χ1v) is 15.9. The minimum Gasteiger partial charge on any atom is -0.371 e. The SMILES string of the molecule is BC1(C)CCN(c2cc(C)cc(NC(=O)c3ccc(S(=N)(=O)C4CC4)cc3N3CCC4(CC3)CC4)n2)CC1. The van der Waals surface area contributed by atoms with Gasteiger partial charge in [0.25, 0.3) is 5.91 Å². The van der Waals surface area contributed by atoms with Crippen molar-refractivity contribution in [2.75, 3.05) is 41.3 Å². The highest BCUT2D eigenvalue weighted by molar-refractivity contribution is 7.93. The summed E-state index contributed by atoms with van der Waals surface area (Å²) >= 11 is 0. The number of anilines is 3. The standard InChI is InChI=1S/C29H40BN5O2S/c1-20-17-25(32-26(18-20)35-13-9-28(2,30)10-14-35)33-27(36)23-6-5-22(38(31,37)21-3-4-21)19-24(23)34-15-11-29(7-8-29)12-16-34/h5-6,17-19,21,31H,3-4,7-16,30H2,1-2H3,(H,32,33,36). The van der Waals surface area contributed by atoms with Crippen molar-refractivity contribution >= 4 is 40.8 Å². The smallest absolute Gasteiger partial charge is 0.258 e. The van der Waals surface area contributed by atoms with Crippen LogP contribution in [0.1, 0.15) is 74.2 Å². The lowest BCUT2D eigenvalue weighted by atomic mass is 9.64. The summed E-state index contributed by atoms with van der Waals surface area (Å²) in [5, 5.41) is 3.38. The zero-order valence-electron chi connectivity index (χ0n) is 23.0. The van der Waals surface area contributed by atoms with Gasteiger partial charge in [-0.05, 0) is 99.6 Å². The number of rotatable bonds is 6. The van der Waals surface area contributed by atoms with Gasteiger partial charge in [0.05, 0.1) is 21.0 Å². The molecule has 0 radical (unpaired) electrons. The second-order valence-electron chi connectivity index (χ2n) is 13.0. The van der Waals surface area contributed by atoms with Gasteiger partial charge >= 0.3 is 0 Å². The number of piperidine rings is 2. The van der Waals surface area contributed by atoms with Gasteiger partial charge in [0, 0.05) is 36.3 Å². The van der Waals surface area contributed by atoms with Gasteiger partial charge in [-0.25, -0.2) is 14.0 Å². The number of nitrogens with zero attached hydrogens (tertiary/aromatic N) is 3. The van der Waals surface area contributed by atoms with Crippen molar-refractivity contribution in [3.8, 4) is 0 Å². The fourth-order valence-electron chi connectivity index (χ4n) is 6.04. The lowest BCUT2D eigenvalue weighted by Crippen LogP contribution is -2.36.